The first-order chi connectivity index (χ1) is 13.2. The van der Waals surface area contributed by atoms with Crippen molar-refractivity contribution >= 4 is 11.8 Å². The third kappa shape index (κ3) is 6.50. The van der Waals surface area contributed by atoms with E-state index in [-0.39, 0.29) is 18.4 Å². The number of nitrogens with one attached hydrogen (secondary N) is 1. The minimum absolute atomic E-state index is 0.000257. The largest absolute Gasteiger partial charge is 0.378 e. The van der Waals surface area contributed by atoms with Crippen molar-refractivity contribution < 1.29 is 14.3 Å². The number of benzene rings is 1. The Labute approximate surface area is 159 Å². The number of amides is 2. The van der Waals surface area contributed by atoms with Crippen molar-refractivity contribution in [1.82, 2.24) is 20.0 Å². The molecule has 0 atom stereocenters. The SMILES string of the molecule is CCCN.O=C(NCC(=O)N1CCOCC1)c1ccc(-n2cccn2)cc1. The van der Waals surface area contributed by atoms with Crippen LogP contribution in [0.1, 0.15) is 23.7 Å². The number of nitrogens with zero attached hydrogens (tertiary/aromatic N) is 3. The fraction of sp³-hybridized carbons (Fsp3) is 0.421. The standard InChI is InChI=1S/C16H18N4O3.C3H9N/c21-15(19-8-10-23-11-9-19)12-17-16(22)13-2-4-14(5-3-13)20-7-1-6-18-20;1-2-3-4/h1-7H,8-12H2,(H,17,22);2-4H2,1H3. The Morgan fingerprint density at radius 3 is 2.44 bits per heavy atom. The highest BCUT2D eigenvalue weighted by Crippen LogP contribution is 2.08. The van der Waals surface area contributed by atoms with Gasteiger partial charge >= 0.3 is 0 Å². The first-order valence-corrected chi connectivity index (χ1v) is 9.09. The number of rotatable bonds is 5. The van der Waals surface area contributed by atoms with Gasteiger partial charge in [0.05, 0.1) is 25.4 Å². The Bertz CT molecular complexity index is 693. The number of morpholine rings is 1. The number of aromatic nitrogens is 2. The summed E-state index contributed by atoms with van der Waals surface area (Å²) in [4.78, 5) is 25.8. The van der Waals surface area contributed by atoms with Gasteiger partial charge in [-0.25, -0.2) is 4.68 Å². The molecule has 1 aromatic heterocycles. The lowest BCUT2D eigenvalue weighted by molar-refractivity contribution is -0.134. The predicted molar refractivity (Wildman–Crippen MR) is 103 cm³/mol. The molecule has 8 heteroatoms. The zero-order chi connectivity index (χ0) is 19.5. The predicted octanol–water partition coefficient (Wildman–Crippen LogP) is 0.816. The van der Waals surface area contributed by atoms with Crippen LogP contribution < -0.4 is 11.1 Å². The van der Waals surface area contributed by atoms with E-state index in [0.29, 0.717) is 31.9 Å². The van der Waals surface area contributed by atoms with E-state index in [1.807, 2.05) is 24.4 Å². The number of carbonyl (C=O) groups excluding carboxylic acids is 2. The normalized spacial score (nSPS) is 13.5. The maximum Gasteiger partial charge on any atom is 0.251 e. The first kappa shape index (κ1) is 20.6. The van der Waals surface area contributed by atoms with E-state index in [0.717, 1.165) is 18.7 Å². The topological polar surface area (TPSA) is 102 Å². The van der Waals surface area contributed by atoms with Crippen LogP contribution in [0, 0.1) is 0 Å². The second-order valence-corrected chi connectivity index (χ2v) is 5.96. The summed E-state index contributed by atoms with van der Waals surface area (Å²) in [5.41, 5.74) is 6.41. The Morgan fingerprint density at radius 1 is 1.22 bits per heavy atom. The van der Waals surface area contributed by atoms with Gasteiger partial charge in [0, 0.05) is 31.0 Å². The molecule has 2 aromatic rings. The zero-order valence-corrected chi connectivity index (χ0v) is 15.6. The van der Waals surface area contributed by atoms with Gasteiger partial charge < -0.3 is 20.7 Å². The quantitative estimate of drug-likeness (QED) is 0.808. The van der Waals surface area contributed by atoms with Gasteiger partial charge in [-0.2, -0.15) is 5.10 Å². The van der Waals surface area contributed by atoms with Gasteiger partial charge in [-0.05, 0) is 43.3 Å². The van der Waals surface area contributed by atoms with E-state index < -0.39 is 0 Å². The second kappa shape index (κ2) is 11.1. The zero-order valence-electron chi connectivity index (χ0n) is 15.6. The average molecular weight is 373 g/mol. The van der Waals surface area contributed by atoms with Crippen LogP contribution in [-0.4, -0.2) is 65.9 Å². The Kier molecular flexibility index (Phi) is 8.47. The fourth-order valence-corrected chi connectivity index (χ4v) is 2.37. The van der Waals surface area contributed by atoms with Crippen molar-refractivity contribution in [3.63, 3.8) is 0 Å². The van der Waals surface area contributed by atoms with Gasteiger partial charge in [-0.1, -0.05) is 6.92 Å². The third-order valence-corrected chi connectivity index (χ3v) is 3.95. The summed E-state index contributed by atoms with van der Waals surface area (Å²) in [6.45, 7) is 5.13. The average Bonchev–Trinajstić information content (AvgIpc) is 3.27. The van der Waals surface area contributed by atoms with Gasteiger partial charge in [-0.15, -0.1) is 0 Å². The van der Waals surface area contributed by atoms with Gasteiger partial charge in [0.25, 0.3) is 5.91 Å². The summed E-state index contributed by atoms with van der Waals surface area (Å²) in [6, 6.07) is 8.88. The maximum atomic E-state index is 12.1. The number of nitrogens with two attached hydrogens (primary N) is 1. The van der Waals surface area contributed by atoms with Crippen molar-refractivity contribution in [2.75, 3.05) is 39.4 Å². The molecule has 0 saturated carbocycles. The van der Waals surface area contributed by atoms with Crippen molar-refractivity contribution in [1.29, 1.82) is 0 Å². The second-order valence-electron chi connectivity index (χ2n) is 5.96. The summed E-state index contributed by atoms with van der Waals surface area (Å²) < 4.78 is 6.91. The summed E-state index contributed by atoms with van der Waals surface area (Å²) in [5.74, 6) is -0.353. The molecule has 0 aliphatic carbocycles. The smallest absolute Gasteiger partial charge is 0.251 e. The van der Waals surface area contributed by atoms with Crippen LogP contribution in [0.5, 0.6) is 0 Å². The molecule has 3 rings (SSSR count). The van der Waals surface area contributed by atoms with E-state index in [1.54, 1.807) is 27.9 Å². The van der Waals surface area contributed by atoms with Gasteiger partial charge in [0.1, 0.15) is 0 Å². The first-order valence-electron chi connectivity index (χ1n) is 9.09. The van der Waals surface area contributed by atoms with Crippen molar-refractivity contribution in [2.24, 2.45) is 5.73 Å². The molecule has 3 N–H and O–H groups in total. The molecular weight excluding hydrogens is 346 g/mol. The Balaban J connectivity index is 0.000000596. The highest BCUT2D eigenvalue weighted by atomic mass is 16.5. The van der Waals surface area contributed by atoms with Crippen LogP contribution in [0.25, 0.3) is 5.69 Å². The number of hydrogen-bond acceptors (Lipinski definition) is 5. The van der Waals surface area contributed by atoms with E-state index in [1.165, 1.54) is 0 Å². The Morgan fingerprint density at radius 2 is 1.89 bits per heavy atom. The lowest BCUT2D eigenvalue weighted by atomic mass is 10.2. The lowest BCUT2D eigenvalue weighted by Crippen LogP contribution is -2.45. The minimum Gasteiger partial charge on any atom is -0.378 e. The van der Waals surface area contributed by atoms with Crippen molar-refractivity contribution in [2.45, 2.75) is 13.3 Å². The summed E-state index contributed by atoms with van der Waals surface area (Å²) in [7, 11) is 0. The van der Waals surface area contributed by atoms with Gasteiger partial charge in [-0.3, -0.25) is 9.59 Å². The van der Waals surface area contributed by atoms with Crippen molar-refractivity contribution in [3.05, 3.63) is 48.3 Å². The summed E-state index contributed by atoms with van der Waals surface area (Å²) in [6.07, 6.45) is 4.62. The molecule has 1 fully saturated rings. The van der Waals surface area contributed by atoms with E-state index in [4.69, 9.17) is 10.5 Å². The number of carbonyl (C=O) groups is 2. The maximum absolute atomic E-state index is 12.1. The monoisotopic (exact) mass is 373 g/mol. The molecule has 146 valence electrons. The van der Waals surface area contributed by atoms with Gasteiger partial charge in [0.15, 0.2) is 0 Å². The molecular formula is C19H27N5O3. The summed E-state index contributed by atoms with van der Waals surface area (Å²) >= 11 is 0. The van der Waals surface area contributed by atoms with Crippen LogP contribution in [0.2, 0.25) is 0 Å². The van der Waals surface area contributed by atoms with E-state index in [9.17, 15) is 9.59 Å². The van der Waals surface area contributed by atoms with E-state index in [2.05, 4.69) is 17.3 Å². The van der Waals surface area contributed by atoms with E-state index >= 15 is 0 Å². The third-order valence-electron chi connectivity index (χ3n) is 3.95. The number of ether oxygens (including phenoxy) is 1. The molecule has 1 saturated heterocycles. The van der Waals surface area contributed by atoms with Crippen LogP contribution in [-0.2, 0) is 9.53 Å². The molecule has 2 amide bonds. The highest BCUT2D eigenvalue weighted by molar-refractivity contribution is 5.96. The van der Waals surface area contributed by atoms with Crippen LogP contribution >= 0.6 is 0 Å². The molecule has 0 bridgehead atoms. The highest BCUT2D eigenvalue weighted by Gasteiger charge is 2.17. The molecule has 1 aliphatic heterocycles. The summed E-state index contributed by atoms with van der Waals surface area (Å²) in [5, 5.41) is 6.78. The van der Waals surface area contributed by atoms with Crippen LogP contribution in [0.15, 0.2) is 42.7 Å². The lowest BCUT2D eigenvalue weighted by Gasteiger charge is -2.26. The van der Waals surface area contributed by atoms with Crippen LogP contribution in [0.3, 0.4) is 0 Å². The Hall–Kier alpha value is -2.71. The molecule has 1 aliphatic rings. The molecule has 0 radical (unpaired) electrons. The van der Waals surface area contributed by atoms with Crippen molar-refractivity contribution in [3.8, 4) is 5.69 Å². The molecule has 0 spiro atoms. The molecule has 1 aromatic carbocycles. The van der Waals surface area contributed by atoms with Gasteiger partial charge in [0.2, 0.25) is 5.91 Å². The fourth-order valence-electron chi connectivity index (χ4n) is 2.37. The molecule has 0 unspecified atom stereocenters. The molecule has 8 nitrogen and oxygen atoms in total. The molecule has 2 heterocycles. The van der Waals surface area contributed by atoms with Crippen LogP contribution in [0.4, 0.5) is 0 Å². The molecule has 27 heavy (non-hydrogen) atoms. The minimum atomic E-state index is -0.265. The number of hydrogen-bond donors (Lipinski definition) is 2.